The molecule has 6 heteroatoms. The topological polar surface area (TPSA) is 37.4 Å². The van der Waals surface area contributed by atoms with E-state index in [4.69, 9.17) is 0 Å². The van der Waals surface area contributed by atoms with Gasteiger partial charge in [0.15, 0.2) is 0 Å². The van der Waals surface area contributed by atoms with E-state index in [9.17, 15) is 8.42 Å². The van der Waals surface area contributed by atoms with E-state index >= 15 is 0 Å². The molecule has 0 N–H and O–H groups in total. The van der Waals surface area contributed by atoms with Crippen LogP contribution in [0.1, 0.15) is 25.8 Å². The van der Waals surface area contributed by atoms with Gasteiger partial charge >= 0.3 is 0 Å². The standard InChI is InChI=1S/C20H24BrNO2S2/c1-15-9-11-17(12-10-15)26(23,24)22-18(14-21)19(13-20(22,2)3)25-16-7-5-4-6-8-16/h4-12,18-19H,13-14H2,1-3H3. The van der Waals surface area contributed by atoms with Gasteiger partial charge in [-0.25, -0.2) is 8.42 Å². The summed E-state index contributed by atoms with van der Waals surface area (Å²) in [6.45, 7) is 6.02. The van der Waals surface area contributed by atoms with Crippen LogP contribution in [0.15, 0.2) is 64.4 Å². The molecular weight excluding hydrogens is 430 g/mol. The van der Waals surface area contributed by atoms with Crippen LogP contribution < -0.4 is 0 Å². The second kappa shape index (κ2) is 7.66. The van der Waals surface area contributed by atoms with Gasteiger partial charge in [0.2, 0.25) is 10.0 Å². The molecular formula is C20H24BrNO2S2. The summed E-state index contributed by atoms with van der Waals surface area (Å²) in [4.78, 5) is 1.54. The van der Waals surface area contributed by atoms with E-state index in [1.54, 1.807) is 28.2 Å². The van der Waals surface area contributed by atoms with Crippen molar-refractivity contribution in [3.05, 3.63) is 60.2 Å². The molecule has 0 aromatic heterocycles. The SMILES string of the molecule is Cc1ccc(S(=O)(=O)N2C(CBr)C(Sc3ccccc3)CC2(C)C)cc1. The summed E-state index contributed by atoms with van der Waals surface area (Å²) in [7, 11) is -3.56. The summed E-state index contributed by atoms with van der Waals surface area (Å²) in [6.07, 6.45) is 0.813. The van der Waals surface area contributed by atoms with Crippen molar-refractivity contribution in [1.29, 1.82) is 0 Å². The van der Waals surface area contributed by atoms with E-state index < -0.39 is 15.6 Å². The molecule has 2 aromatic carbocycles. The van der Waals surface area contributed by atoms with Crippen molar-refractivity contribution >= 4 is 37.7 Å². The van der Waals surface area contributed by atoms with Crippen LogP contribution in [-0.4, -0.2) is 34.9 Å². The second-order valence-corrected chi connectivity index (χ2v) is 11.1. The third-order valence-corrected chi connectivity index (χ3v) is 8.94. The summed E-state index contributed by atoms with van der Waals surface area (Å²) >= 11 is 5.35. The summed E-state index contributed by atoms with van der Waals surface area (Å²) in [5.41, 5.74) is 0.619. The number of alkyl halides is 1. The lowest BCUT2D eigenvalue weighted by atomic mass is 10.0. The molecule has 3 rings (SSSR count). The van der Waals surface area contributed by atoms with E-state index in [1.807, 2.05) is 51.1 Å². The fourth-order valence-electron chi connectivity index (χ4n) is 3.60. The maximum absolute atomic E-state index is 13.4. The largest absolute Gasteiger partial charge is 0.243 e. The molecule has 1 aliphatic rings. The number of hydrogen-bond acceptors (Lipinski definition) is 3. The average molecular weight is 454 g/mol. The number of aryl methyl sites for hydroxylation is 1. The van der Waals surface area contributed by atoms with Crippen LogP contribution in [0, 0.1) is 6.92 Å². The highest BCUT2D eigenvalue weighted by Gasteiger charge is 2.52. The van der Waals surface area contributed by atoms with Crippen LogP contribution in [0.4, 0.5) is 0 Å². The number of nitrogens with zero attached hydrogens (tertiary/aromatic N) is 1. The molecule has 0 saturated carbocycles. The highest BCUT2D eigenvalue weighted by molar-refractivity contribution is 9.09. The van der Waals surface area contributed by atoms with Gasteiger partial charge in [0, 0.05) is 27.1 Å². The summed E-state index contributed by atoms with van der Waals surface area (Å²) in [6, 6.07) is 17.2. The minimum Gasteiger partial charge on any atom is -0.207 e. The highest BCUT2D eigenvalue weighted by atomic mass is 79.9. The third-order valence-electron chi connectivity index (χ3n) is 4.79. The van der Waals surface area contributed by atoms with Crippen LogP contribution in [-0.2, 0) is 10.0 Å². The number of halogens is 1. The van der Waals surface area contributed by atoms with Crippen LogP contribution in [0.5, 0.6) is 0 Å². The predicted octanol–water partition coefficient (Wildman–Crippen LogP) is 5.09. The van der Waals surface area contributed by atoms with Crippen molar-refractivity contribution in [2.24, 2.45) is 0 Å². The first-order valence-electron chi connectivity index (χ1n) is 8.64. The molecule has 1 saturated heterocycles. The van der Waals surface area contributed by atoms with E-state index in [2.05, 4.69) is 28.1 Å². The van der Waals surface area contributed by atoms with Crippen molar-refractivity contribution in [2.45, 2.75) is 53.8 Å². The van der Waals surface area contributed by atoms with Gasteiger partial charge in [-0.2, -0.15) is 4.31 Å². The maximum atomic E-state index is 13.4. The van der Waals surface area contributed by atoms with Crippen molar-refractivity contribution in [3.8, 4) is 0 Å². The number of thioether (sulfide) groups is 1. The Morgan fingerprint density at radius 2 is 1.73 bits per heavy atom. The molecule has 140 valence electrons. The van der Waals surface area contributed by atoms with Gasteiger partial charge in [0.05, 0.1) is 4.90 Å². The van der Waals surface area contributed by atoms with Crippen LogP contribution in [0.2, 0.25) is 0 Å². The van der Waals surface area contributed by atoms with Gasteiger partial charge in [0.1, 0.15) is 0 Å². The summed E-state index contributed by atoms with van der Waals surface area (Å²) < 4.78 is 28.6. The molecule has 2 atom stereocenters. The molecule has 0 aliphatic carbocycles. The molecule has 3 nitrogen and oxygen atoms in total. The van der Waals surface area contributed by atoms with Crippen LogP contribution in [0.25, 0.3) is 0 Å². The number of hydrogen-bond donors (Lipinski definition) is 0. The Labute approximate surface area is 169 Å². The normalized spacial score (nSPS) is 23.2. The van der Waals surface area contributed by atoms with Gasteiger partial charge in [-0.05, 0) is 51.5 Å². The zero-order chi connectivity index (χ0) is 18.9. The Kier molecular flexibility index (Phi) is 5.87. The van der Waals surface area contributed by atoms with Crippen LogP contribution in [0.3, 0.4) is 0 Å². The summed E-state index contributed by atoms with van der Waals surface area (Å²) in [5, 5.41) is 0.818. The van der Waals surface area contributed by atoms with Gasteiger partial charge in [-0.1, -0.05) is 51.8 Å². The Morgan fingerprint density at radius 1 is 1.12 bits per heavy atom. The molecule has 2 unspecified atom stereocenters. The van der Waals surface area contributed by atoms with Gasteiger partial charge in [-0.3, -0.25) is 0 Å². The first-order valence-corrected chi connectivity index (χ1v) is 12.1. The smallest absolute Gasteiger partial charge is 0.207 e. The molecule has 1 fully saturated rings. The third kappa shape index (κ3) is 3.88. The molecule has 1 aliphatic heterocycles. The first kappa shape index (κ1) is 19.9. The monoisotopic (exact) mass is 453 g/mol. The Bertz CT molecular complexity index is 851. The minimum atomic E-state index is -3.56. The molecule has 0 bridgehead atoms. The predicted molar refractivity (Wildman–Crippen MR) is 113 cm³/mol. The van der Waals surface area contributed by atoms with E-state index in [0.717, 1.165) is 12.0 Å². The quantitative estimate of drug-likeness (QED) is 0.591. The fourth-order valence-corrected chi connectivity index (χ4v) is 8.40. The number of benzene rings is 2. The lowest BCUT2D eigenvalue weighted by molar-refractivity contribution is 0.257. The number of rotatable bonds is 5. The molecule has 26 heavy (non-hydrogen) atoms. The molecule has 0 radical (unpaired) electrons. The first-order chi connectivity index (χ1) is 12.3. The molecule has 1 heterocycles. The highest BCUT2D eigenvalue weighted by Crippen LogP contribution is 2.45. The maximum Gasteiger partial charge on any atom is 0.243 e. The lowest BCUT2D eigenvalue weighted by Gasteiger charge is -2.34. The van der Waals surface area contributed by atoms with Crippen molar-refractivity contribution in [2.75, 3.05) is 5.33 Å². The van der Waals surface area contributed by atoms with Crippen molar-refractivity contribution in [1.82, 2.24) is 4.31 Å². The molecule has 2 aromatic rings. The second-order valence-electron chi connectivity index (χ2n) is 7.32. The number of sulfonamides is 1. The van der Waals surface area contributed by atoms with Crippen molar-refractivity contribution in [3.63, 3.8) is 0 Å². The fraction of sp³-hybridized carbons (Fsp3) is 0.400. The zero-order valence-electron chi connectivity index (χ0n) is 15.2. The van der Waals surface area contributed by atoms with E-state index in [-0.39, 0.29) is 11.3 Å². The Balaban J connectivity index is 1.95. The van der Waals surface area contributed by atoms with E-state index in [0.29, 0.717) is 10.2 Å². The minimum absolute atomic E-state index is 0.0958. The average Bonchev–Trinajstić information content (AvgIpc) is 2.86. The van der Waals surface area contributed by atoms with Crippen molar-refractivity contribution < 1.29 is 8.42 Å². The Hall–Kier alpha value is -0.820. The Morgan fingerprint density at radius 3 is 2.31 bits per heavy atom. The van der Waals surface area contributed by atoms with Gasteiger partial charge in [-0.15, -0.1) is 11.8 Å². The van der Waals surface area contributed by atoms with Gasteiger partial charge < -0.3 is 0 Å². The molecule has 0 amide bonds. The molecule has 0 spiro atoms. The lowest BCUT2D eigenvalue weighted by Crippen LogP contribution is -2.48. The van der Waals surface area contributed by atoms with Gasteiger partial charge in [0.25, 0.3) is 0 Å². The van der Waals surface area contributed by atoms with E-state index in [1.165, 1.54) is 4.90 Å². The zero-order valence-corrected chi connectivity index (χ0v) is 18.4. The summed E-state index contributed by atoms with van der Waals surface area (Å²) in [5.74, 6) is 0. The van der Waals surface area contributed by atoms with Crippen LogP contribution >= 0.6 is 27.7 Å².